The van der Waals surface area contributed by atoms with Gasteiger partial charge in [0.05, 0.1) is 0 Å². The quantitative estimate of drug-likeness (QED) is 0.564. The van der Waals surface area contributed by atoms with Crippen molar-refractivity contribution < 1.29 is 0 Å². The third-order valence-electron chi connectivity index (χ3n) is 3.36. The van der Waals surface area contributed by atoms with E-state index in [1.54, 1.807) is 0 Å². The molecular weight excluding hydrogens is 148 g/mol. The first kappa shape index (κ1) is 8.10. The Bertz CT molecular complexity index is 206. The summed E-state index contributed by atoms with van der Waals surface area (Å²) in [5, 5.41) is 0. The summed E-state index contributed by atoms with van der Waals surface area (Å²) in [6.07, 6.45) is 7.98. The minimum Gasteiger partial charge on any atom is -0.329 e. The summed E-state index contributed by atoms with van der Waals surface area (Å²) in [6.45, 7) is 3.10. The fraction of sp³-hybridized carbons (Fsp3) is 0.800. The van der Waals surface area contributed by atoms with Gasteiger partial charge in [-0.2, -0.15) is 0 Å². The molecule has 3 fully saturated rings. The van der Waals surface area contributed by atoms with E-state index in [0.29, 0.717) is 12.0 Å². The Balaban J connectivity index is 2.07. The lowest BCUT2D eigenvalue weighted by Crippen LogP contribution is -2.55. The van der Waals surface area contributed by atoms with Gasteiger partial charge in [0.15, 0.2) is 0 Å². The van der Waals surface area contributed by atoms with Crippen LogP contribution in [0.2, 0.25) is 0 Å². The second kappa shape index (κ2) is 3.08. The average Bonchev–Trinajstić information content (AvgIpc) is 2.18. The Kier molecular flexibility index (Phi) is 2.08. The Hall–Kier alpha value is -0.520. The number of fused-ring (bicyclic) bond motifs is 3. The van der Waals surface area contributed by atoms with Crippen LogP contribution < -0.4 is 5.73 Å². The first-order valence-corrected chi connectivity index (χ1v) is 4.75. The van der Waals surface area contributed by atoms with Crippen molar-refractivity contribution in [1.82, 2.24) is 4.90 Å². The fourth-order valence-electron chi connectivity index (χ4n) is 2.57. The molecule has 0 radical (unpaired) electrons. The van der Waals surface area contributed by atoms with Gasteiger partial charge in [0.2, 0.25) is 0 Å². The van der Waals surface area contributed by atoms with Gasteiger partial charge in [0, 0.05) is 25.0 Å². The predicted molar refractivity (Wildman–Crippen MR) is 49.5 cm³/mol. The van der Waals surface area contributed by atoms with Crippen molar-refractivity contribution in [2.45, 2.75) is 18.9 Å². The average molecular weight is 164 g/mol. The van der Waals surface area contributed by atoms with E-state index < -0.39 is 0 Å². The van der Waals surface area contributed by atoms with Crippen LogP contribution in [0.5, 0.6) is 0 Å². The van der Waals surface area contributed by atoms with Crippen molar-refractivity contribution in [2.75, 3.05) is 19.6 Å². The van der Waals surface area contributed by atoms with Gasteiger partial charge in [0.25, 0.3) is 0 Å². The molecule has 2 heteroatoms. The molecular formula is C10H16N2. The molecule has 0 aromatic carbocycles. The first-order chi connectivity index (χ1) is 5.85. The maximum absolute atomic E-state index is 5.68. The Morgan fingerprint density at radius 2 is 2.42 bits per heavy atom. The van der Waals surface area contributed by atoms with Crippen molar-refractivity contribution in [2.24, 2.45) is 17.6 Å². The monoisotopic (exact) mass is 164 g/mol. The number of nitrogens with zero attached hydrogens (tertiary/aromatic N) is 1. The highest BCUT2D eigenvalue weighted by molar-refractivity contribution is 5.05. The third-order valence-corrected chi connectivity index (χ3v) is 3.36. The molecule has 2 N–H and O–H groups in total. The lowest BCUT2D eigenvalue weighted by atomic mass is 9.76. The third kappa shape index (κ3) is 1.14. The maximum atomic E-state index is 5.68. The molecule has 0 aliphatic carbocycles. The Labute approximate surface area is 74.1 Å². The van der Waals surface area contributed by atoms with E-state index >= 15 is 0 Å². The lowest BCUT2D eigenvalue weighted by molar-refractivity contribution is 0.0267. The first-order valence-electron chi connectivity index (χ1n) is 4.75. The van der Waals surface area contributed by atoms with Gasteiger partial charge >= 0.3 is 0 Å². The van der Waals surface area contributed by atoms with Gasteiger partial charge in [-0.3, -0.25) is 4.90 Å². The van der Waals surface area contributed by atoms with E-state index in [2.05, 4.69) is 10.8 Å². The van der Waals surface area contributed by atoms with E-state index in [9.17, 15) is 0 Å². The molecule has 0 amide bonds. The van der Waals surface area contributed by atoms with Gasteiger partial charge < -0.3 is 5.73 Å². The number of terminal acetylenes is 1. The molecule has 66 valence electrons. The van der Waals surface area contributed by atoms with Crippen LogP contribution in [-0.2, 0) is 0 Å². The van der Waals surface area contributed by atoms with Crippen LogP contribution in [0.25, 0.3) is 0 Å². The second-order valence-corrected chi connectivity index (χ2v) is 3.94. The van der Waals surface area contributed by atoms with Crippen LogP contribution in [0, 0.1) is 24.2 Å². The summed E-state index contributed by atoms with van der Waals surface area (Å²) in [4.78, 5) is 2.46. The SMILES string of the molecule is C#C[C@H]1CN2CC[C@H]1C[C@@H]2CN. The molecule has 3 aliphatic rings. The summed E-state index contributed by atoms with van der Waals surface area (Å²) >= 11 is 0. The number of rotatable bonds is 1. The highest BCUT2D eigenvalue weighted by Gasteiger charge is 2.38. The summed E-state index contributed by atoms with van der Waals surface area (Å²) in [5.41, 5.74) is 5.68. The van der Waals surface area contributed by atoms with Crippen LogP contribution in [0.3, 0.4) is 0 Å². The summed E-state index contributed by atoms with van der Waals surface area (Å²) in [6, 6.07) is 0.619. The smallest absolute Gasteiger partial charge is 0.0356 e. The van der Waals surface area contributed by atoms with Crippen LogP contribution in [0.4, 0.5) is 0 Å². The number of hydrogen-bond acceptors (Lipinski definition) is 2. The number of nitrogens with two attached hydrogens (primary N) is 1. The Morgan fingerprint density at radius 3 is 2.92 bits per heavy atom. The summed E-state index contributed by atoms with van der Waals surface area (Å²) < 4.78 is 0. The van der Waals surface area contributed by atoms with E-state index in [0.717, 1.165) is 19.0 Å². The highest BCUT2D eigenvalue weighted by Crippen LogP contribution is 2.35. The predicted octanol–water partition coefficient (Wildman–Crippen LogP) is 0.289. The molecule has 3 heterocycles. The molecule has 3 aliphatic heterocycles. The van der Waals surface area contributed by atoms with Crippen molar-refractivity contribution in [1.29, 1.82) is 0 Å². The van der Waals surface area contributed by atoms with Crippen molar-refractivity contribution >= 4 is 0 Å². The minimum atomic E-state index is 0.501. The minimum absolute atomic E-state index is 0.501. The molecule has 2 nitrogen and oxygen atoms in total. The molecule has 0 spiro atoms. The van der Waals surface area contributed by atoms with Gasteiger partial charge in [-0.25, -0.2) is 0 Å². The standard InChI is InChI=1S/C10H16N2/c1-2-8-7-12-4-3-9(8)5-10(12)6-11/h1,8-10H,3-7,11H2/t8-,9-,10+/m0/s1. The zero-order valence-electron chi connectivity index (χ0n) is 7.37. The normalized spacial score (nSPS) is 45.7. The summed E-state index contributed by atoms with van der Waals surface area (Å²) in [7, 11) is 0. The molecule has 4 atom stereocenters. The van der Waals surface area contributed by atoms with Crippen LogP contribution in [0.15, 0.2) is 0 Å². The van der Waals surface area contributed by atoms with E-state index in [1.807, 2.05) is 0 Å². The molecule has 0 saturated carbocycles. The molecule has 1 unspecified atom stereocenters. The number of piperidine rings is 3. The molecule has 2 bridgehead atoms. The largest absolute Gasteiger partial charge is 0.329 e. The van der Waals surface area contributed by atoms with Gasteiger partial charge in [-0.1, -0.05) is 0 Å². The molecule has 0 aromatic rings. The fourth-order valence-corrected chi connectivity index (χ4v) is 2.57. The number of hydrogen-bond donors (Lipinski definition) is 1. The lowest BCUT2D eigenvalue weighted by Gasteiger charge is -2.48. The van der Waals surface area contributed by atoms with E-state index in [-0.39, 0.29) is 0 Å². The summed E-state index contributed by atoms with van der Waals surface area (Å²) in [5.74, 6) is 4.16. The van der Waals surface area contributed by atoms with Gasteiger partial charge in [-0.05, 0) is 25.3 Å². The van der Waals surface area contributed by atoms with Gasteiger partial charge in [0.1, 0.15) is 0 Å². The topological polar surface area (TPSA) is 29.3 Å². The molecule has 12 heavy (non-hydrogen) atoms. The molecule has 0 aromatic heterocycles. The van der Waals surface area contributed by atoms with Gasteiger partial charge in [-0.15, -0.1) is 12.3 Å². The zero-order chi connectivity index (χ0) is 8.55. The van der Waals surface area contributed by atoms with Crippen molar-refractivity contribution in [3.05, 3.63) is 0 Å². The second-order valence-electron chi connectivity index (χ2n) is 3.94. The van der Waals surface area contributed by atoms with E-state index in [1.165, 1.54) is 19.4 Å². The molecule has 3 saturated heterocycles. The molecule has 3 rings (SSSR count). The van der Waals surface area contributed by atoms with Crippen molar-refractivity contribution in [3.8, 4) is 12.3 Å². The van der Waals surface area contributed by atoms with Crippen molar-refractivity contribution in [3.63, 3.8) is 0 Å². The maximum Gasteiger partial charge on any atom is 0.0356 e. The van der Waals surface area contributed by atoms with Crippen LogP contribution in [0.1, 0.15) is 12.8 Å². The Morgan fingerprint density at radius 1 is 1.58 bits per heavy atom. The highest BCUT2D eigenvalue weighted by atomic mass is 15.2. The van der Waals surface area contributed by atoms with Crippen LogP contribution >= 0.6 is 0 Å². The van der Waals surface area contributed by atoms with Crippen LogP contribution in [-0.4, -0.2) is 30.6 Å². The van der Waals surface area contributed by atoms with E-state index in [4.69, 9.17) is 12.2 Å². The zero-order valence-corrected chi connectivity index (χ0v) is 7.37.